The number of aryl methyl sites for hydroxylation is 1. The smallest absolute Gasteiger partial charge is 0.261 e. The highest BCUT2D eigenvalue weighted by Gasteiger charge is 2.15. The van der Waals surface area contributed by atoms with Gasteiger partial charge in [-0.15, -0.1) is 0 Å². The van der Waals surface area contributed by atoms with Gasteiger partial charge in [-0.05, 0) is 31.2 Å². The van der Waals surface area contributed by atoms with Crippen LogP contribution in [-0.2, 0) is 11.3 Å². The number of amides is 1. The number of nitrogens with one attached hydrogen (secondary N) is 2. The van der Waals surface area contributed by atoms with Gasteiger partial charge in [-0.1, -0.05) is 54.6 Å². The molecule has 2 heterocycles. The van der Waals surface area contributed by atoms with E-state index in [1.807, 2.05) is 54.6 Å². The molecule has 0 unspecified atom stereocenters. The fraction of sp³-hybridized carbons (Fsp3) is 0.0800. The number of benzene rings is 3. The van der Waals surface area contributed by atoms with Gasteiger partial charge < -0.3 is 5.32 Å². The molecule has 2 aromatic heterocycles. The van der Waals surface area contributed by atoms with E-state index in [9.17, 15) is 9.59 Å². The average molecular weight is 436 g/mol. The first kappa shape index (κ1) is 20.3. The molecule has 3 aromatic carbocycles. The normalized spacial score (nSPS) is 10.9. The van der Waals surface area contributed by atoms with Crippen molar-refractivity contribution in [2.45, 2.75) is 13.5 Å². The SMILES string of the molecule is Cc1nc2ccccc2c(=O)n1CC(=O)Nc1ccccc1-c1nc(-c2ccccc2)n[nH]1. The van der Waals surface area contributed by atoms with Gasteiger partial charge in [0.1, 0.15) is 12.4 Å². The predicted molar refractivity (Wildman–Crippen MR) is 127 cm³/mol. The van der Waals surface area contributed by atoms with Crippen LogP contribution < -0.4 is 10.9 Å². The predicted octanol–water partition coefficient (Wildman–Crippen LogP) is 3.80. The first-order chi connectivity index (χ1) is 16.1. The van der Waals surface area contributed by atoms with E-state index in [0.717, 1.165) is 5.56 Å². The molecular formula is C25H20N6O2. The van der Waals surface area contributed by atoms with Crippen molar-refractivity contribution in [2.75, 3.05) is 5.32 Å². The number of anilines is 1. The third-order valence-electron chi connectivity index (χ3n) is 5.33. The number of nitrogens with zero attached hydrogens (tertiary/aromatic N) is 4. The van der Waals surface area contributed by atoms with Crippen molar-refractivity contribution in [2.24, 2.45) is 0 Å². The van der Waals surface area contributed by atoms with Crippen LogP contribution in [0.15, 0.2) is 83.7 Å². The fourth-order valence-electron chi connectivity index (χ4n) is 3.70. The first-order valence-electron chi connectivity index (χ1n) is 10.4. The summed E-state index contributed by atoms with van der Waals surface area (Å²) in [5.41, 5.74) is 2.52. The van der Waals surface area contributed by atoms with Crippen molar-refractivity contribution >= 4 is 22.5 Å². The minimum Gasteiger partial charge on any atom is -0.324 e. The number of carbonyl (C=O) groups is 1. The molecule has 162 valence electrons. The van der Waals surface area contributed by atoms with Crippen LogP contribution in [0.4, 0.5) is 5.69 Å². The molecule has 8 nitrogen and oxygen atoms in total. The lowest BCUT2D eigenvalue weighted by Gasteiger charge is -2.12. The van der Waals surface area contributed by atoms with Gasteiger partial charge in [0.25, 0.3) is 5.56 Å². The van der Waals surface area contributed by atoms with Crippen LogP contribution in [0.2, 0.25) is 0 Å². The van der Waals surface area contributed by atoms with E-state index in [-0.39, 0.29) is 18.0 Å². The van der Waals surface area contributed by atoms with Gasteiger partial charge in [-0.25, -0.2) is 9.97 Å². The van der Waals surface area contributed by atoms with Crippen molar-refractivity contribution < 1.29 is 4.79 Å². The standard InChI is InChI=1S/C25H20N6O2/c1-16-26-21-14-8-6-12-19(21)25(33)31(16)15-22(32)27-20-13-7-5-11-18(20)24-28-23(29-30-24)17-9-3-2-4-10-17/h2-14H,15H2,1H3,(H,27,32)(H,28,29,30). The van der Waals surface area contributed by atoms with E-state index in [4.69, 9.17) is 0 Å². The van der Waals surface area contributed by atoms with Crippen molar-refractivity contribution in [1.82, 2.24) is 24.7 Å². The van der Waals surface area contributed by atoms with Gasteiger partial charge in [-0.3, -0.25) is 19.3 Å². The summed E-state index contributed by atoms with van der Waals surface area (Å²) in [5.74, 6) is 1.24. The first-order valence-corrected chi connectivity index (χ1v) is 10.4. The third kappa shape index (κ3) is 4.01. The van der Waals surface area contributed by atoms with Gasteiger partial charge >= 0.3 is 0 Å². The molecule has 0 saturated heterocycles. The molecule has 5 rings (SSSR count). The minimum atomic E-state index is -0.340. The molecule has 8 heteroatoms. The van der Waals surface area contributed by atoms with Crippen molar-refractivity contribution in [3.05, 3.63) is 95.0 Å². The summed E-state index contributed by atoms with van der Waals surface area (Å²) >= 11 is 0. The maximum absolute atomic E-state index is 12.9. The topological polar surface area (TPSA) is 106 Å². The summed E-state index contributed by atoms with van der Waals surface area (Å²) in [4.78, 5) is 34.8. The Balaban J connectivity index is 1.42. The van der Waals surface area contributed by atoms with Crippen molar-refractivity contribution in [3.8, 4) is 22.8 Å². The quantitative estimate of drug-likeness (QED) is 0.436. The highest BCUT2D eigenvalue weighted by atomic mass is 16.2. The number of hydrogen-bond donors (Lipinski definition) is 2. The van der Waals surface area contributed by atoms with Crippen LogP contribution in [0, 0.1) is 6.92 Å². The fourth-order valence-corrected chi connectivity index (χ4v) is 3.70. The third-order valence-corrected chi connectivity index (χ3v) is 5.33. The monoisotopic (exact) mass is 436 g/mol. The molecule has 0 bridgehead atoms. The molecule has 0 spiro atoms. The molecule has 0 aliphatic carbocycles. The molecule has 0 atom stereocenters. The van der Waals surface area contributed by atoms with E-state index in [1.54, 1.807) is 31.2 Å². The second-order valence-electron chi connectivity index (χ2n) is 7.53. The lowest BCUT2D eigenvalue weighted by atomic mass is 10.1. The summed E-state index contributed by atoms with van der Waals surface area (Å²) in [7, 11) is 0. The Labute approximate surface area is 189 Å². The molecule has 5 aromatic rings. The van der Waals surface area contributed by atoms with E-state index >= 15 is 0 Å². The molecule has 0 fully saturated rings. The van der Waals surface area contributed by atoms with Gasteiger partial charge in [0, 0.05) is 11.1 Å². The van der Waals surface area contributed by atoms with E-state index in [1.165, 1.54) is 4.57 Å². The number of aromatic amines is 1. The molecule has 2 N–H and O–H groups in total. The van der Waals surface area contributed by atoms with E-state index < -0.39 is 0 Å². The Hall–Kier alpha value is -4.59. The zero-order valence-electron chi connectivity index (χ0n) is 17.8. The van der Waals surface area contributed by atoms with Crippen LogP contribution in [0.5, 0.6) is 0 Å². The second kappa shape index (κ2) is 8.51. The second-order valence-corrected chi connectivity index (χ2v) is 7.53. The maximum Gasteiger partial charge on any atom is 0.261 e. The van der Waals surface area contributed by atoms with Gasteiger partial charge in [-0.2, -0.15) is 5.10 Å². The highest BCUT2D eigenvalue weighted by Crippen LogP contribution is 2.26. The van der Waals surface area contributed by atoms with Gasteiger partial charge in [0.15, 0.2) is 11.6 Å². The van der Waals surface area contributed by atoms with Crippen LogP contribution in [0.25, 0.3) is 33.7 Å². The van der Waals surface area contributed by atoms with Crippen LogP contribution in [0.1, 0.15) is 5.82 Å². The molecule has 0 aliphatic rings. The summed E-state index contributed by atoms with van der Waals surface area (Å²) in [5, 5.41) is 10.6. The van der Waals surface area contributed by atoms with Crippen molar-refractivity contribution in [1.29, 1.82) is 0 Å². The van der Waals surface area contributed by atoms with Crippen molar-refractivity contribution in [3.63, 3.8) is 0 Å². The lowest BCUT2D eigenvalue weighted by Crippen LogP contribution is -2.30. The van der Waals surface area contributed by atoms with Crippen LogP contribution in [0.3, 0.4) is 0 Å². The average Bonchev–Trinajstić information content (AvgIpc) is 3.33. The molecule has 1 amide bonds. The minimum absolute atomic E-state index is 0.150. The Kier molecular flexibility index (Phi) is 5.24. The maximum atomic E-state index is 12.9. The largest absolute Gasteiger partial charge is 0.324 e. The summed E-state index contributed by atoms with van der Waals surface area (Å²) < 4.78 is 1.38. The number of H-pyrrole nitrogens is 1. The Morgan fingerprint density at radius 3 is 2.52 bits per heavy atom. The van der Waals surface area contributed by atoms with E-state index in [2.05, 4.69) is 25.5 Å². The zero-order valence-corrected chi connectivity index (χ0v) is 17.8. The molecular weight excluding hydrogens is 416 g/mol. The number of fused-ring (bicyclic) bond motifs is 1. The Bertz CT molecular complexity index is 1520. The number of para-hydroxylation sites is 2. The zero-order chi connectivity index (χ0) is 22.8. The Morgan fingerprint density at radius 2 is 1.67 bits per heavy atom. The summed E-state index contributed by atoms with van der Waals surface area (Å²) in [6, 6.07) is 24.0. The number of carbonyl (C=O) groups excluding carboxylic acids is 1. The number of rotatable bonds is 5. The van der Waals surface area contributed by atoms with Crippen LogP contribution >= 0.6 is 0 Å². The van der Waals surface area contributed by atoms with Gasteiger partial charge in [0.05, 0.1) is 16.6 Å². The highest BCUT2D eigenvalue weighted by molar-refractivity contribution is 5.94. The lowest BCUT2D eigenvalue weighted by molar-refractivity contribution is -0.116. The molecule has 0 radical (unpaired) electrons. The number of hydrogen-bond acceptors (Lipinski definition) is 5. The summed E-state index contributed by atoms with van der Waals surface area (Å²) in [6.07, 6.45) is 0. The molecule has 33 heavy (non-hydrogen) atoms. The molecule has 0 aliphatic heterocycles. The summed E-state index contributed by atoms with van der Waals surface area (Å²) in [6.45, 7) is 1.57. The Morgan fingerprint density at radius 1 is 0.939 bits per heavy atom. The van der Waals surface area contributed by atoms with E-state index in [0.29, 0.717) is 39.6 Å². The van der Waals surface area contributed by atoms with Crippen LogP contribution in [-0.4, -0.2) is 30.6 Å². The van der Waals surface area contributed by atoms with Gasteiger partial charge in [0.2, 0.25) is 5.91 Å². The number of aromatic nitrogens is 5. The molecule has 0 saturated carbocycles.